The van der Waals surface area contributed by atoms with Crippen LogP contribution in [0.15, 0.2) is 59.1 Å². The molecule has 4 rings (SSSR count). The fraction of sp³-hybridized carbons (Fsp3) is 0.190. The van der Waals surface area contributed by atoms with Crippen molar-refractivity contribution in [1.82, 2.24) is 5.32 Å². The lowest BCUT2D eigenvalue weighted by atomic mass is 10.1. The summed E-state index contributed by atoms with van der Waals surface area (Å²) in [5.74, 6) is 0.805. The van der Waals surface area contributed by atoms with E-state index in [-0.39, 0.29) is 18.6 Å². The van der Waals surface area contributed by atoms with E-state index in [0.29, 0.717) is 11.5 Å². The summed E-state index contributed by atoms with van der Waals surface area (Å²) in [4.78, 5) is 12.3. The van der Waals surface area contributed by atoms with Crippen molar-refractivity contribution in [2.45, 2.75) is 18.9 Å². The second kappa shape index (κ2) is 7.00. The van der Waals surface area contributed by atoms with Gasteiger partial charge in [0.05, 0.1) is 6.04 Å². The molecule has 5 heteroatoms. The van der Waals surface area contributed by atoms with Crippen LogP contribution in [-0.2, 0) is 11.2 Å². The van der Waals surface area contributed by atoms with Crippen molar-refractivity contribution < 1.29 is 14.6 Å². The maximum Gasteiger partial charge on any atom is 0.258 e. The molecule has 0 spiro atoms. The van der Waals surface area contributed by atoms with E-state index in [1.54, 1.807) is 6.07 Å². The van der Waals surface area contributed by atoms with E-state index in [0.717, 1.165) is 39.2 Å². The lowest BCUT2D eigenvalue weighted by molar-refractivity contribution is -0.123. The number of nitrogens with one attached hydrogen (secondary N) is 1. The van der Waals surface area contributed by atoms with Crippen LogP contribution in [0.1, 0.15) is 23.6 Å². The molecule has 3 aromatic rings. The summed E-state index contributed by atoms with van der Waals surface area (Å²) in [5.41, 5.74) is 1.93. The van der Waals surface area contributed by atoms with Gasteiger partial charge in [0, 0.05) is 4.47 Å². The van der Waals surface area contributed by atoms with Crippen LogP contribution in [0.2, 0.25) is 0 Å². The molecule has 0 fully saturated rings. The summed E-state index contributed by atoms with van der Waals surface area (Å²) in [6, 6.07) is 17.2. The van der Waals surface area contributed by atoms with Gasteiger partial charge in [-0.05, 0) is 65.1 Å². The molecular weight excluding hydrogens is 394 g/mol. The van der Waals surface area contributed by atoms with Gasteiger partial charge in [-0.1, -0.05) is 40.2 Å². The standard InChI is InChI=1S/C21H18BrNO3/c22-15-6-4-14-11-16(7-5-13(14)10-15)26-12-21(25)23-19-9-8-18-17(19)2-1-3-20(18)24/h1-7,10-11,19,24H,8-9,12H2,(H,23,25). The molecule has 1 unspecified atom stereocenters. The Balaban J connectivity index is 1.39. The number of ether oxygens (including phenoxy) is 1. The van der Waals surface area contributed by atoms with Gasteiger partial charge in [0.25, 0.3) is 5.91 Å². The number of halogens is 1. The van der Waals surface area contributed by atoms with Gasteiger partial charge < -0.3 is 15.2 Å². The first kappa shape index (κ1) is 16.9. The fourth-order valence-electron chi connectivity index (χ4n) is 3.45. The Hall–Kier alpha value is -2.53. The first-order valence-corrected chi connectivity index (χ1v) is 9.32. The van der Waals surface area contributed by atoms with Crippen molar-refractivity contribution in [3.05, 3.63) is 70.2 Å². The van der Waals surface area contributed by atoms with Gasteiger partial charge in [-0.2, -0.15) is 0 Å². The van der Waals surface area contributed by atoms with E-state index < -0.39 is 0 Å². The zero-order chi connectivity index (χ0) is 18.1. The SMILES string of the molecule is O=C(COc1ccc2cc(Br)ccc2c1)NC1CCc2c(O)cccc21. The van der Waals surface area contributed by atoms with Crippen molar-refractivity contribution in [1.29, 1.82) is 0 Å². The Labute approximate surface area is 159 Å². The summed E-state index contributed by atoms with van der Waals surface area (Å²) >= 11 is 3.46. The Bertz CT molecular complexity index is 986. The van der Waals surface area contributed by atoms with Crippen LogP contribution in [0.3, 0.4) is 0 Å². The van der Waals surface area contributed by atoms with E-state index >= 15 is 0 Å². The monoisotopic (exact) mass is 411 g/mol. The lowest BCUT2D eigenvalue weighted by Gasteiger charge is -2.15. The molecule has 0 bridgehead atoms. The predicted molar refractivity (Wildman–Crippen MR) is 104 cm³/mol. The van der Waals surface area contributed by atoms with E-state index in [2.05, 4.69) is 21.2 Å². The maximum absolute atomic E-state index is 12.3. The highest BCUT2D eigenvalue weighted by Crippen LogP contribution is 2.36. The minimum Gasteiger partial charge on any atom is -0.508 e. The topological polar surface area (TPSA) is 58.6 Å². The molecule has 1 aliphatic rings. The summed E-state index contributed by atoms with van der Waals surface area (Å²) in [6.45, 7) is -0.0350. The molecule has 1 atom stereocenters. The zero-order valence-electron chi connectivity index (χ0n) is 14.0. The molecule has 3 aromatic carbocycles. The first-order chi connectivity index (χ1) is 12.6. The summed E-state index contributed by atoms with van der Waals surface area (Å²) in [6.07, 6.45) is 1.57. The third-order valence-corrected chi connectivity index (χ3v) is 5.22. The van der Waals surface area contributed by atoms with Gasteiger partial charge in [-0.25, -0.2) is 0 Å². The van der Waals surface area contributed by atoms with Gasteiger partial charge in [-0.15, -0.1) is 0 Å². The van der Waals surface area contributed by atoms with Crippen LogP contribution in [0.25, 0.3) is 10.8 Å². The molecule has 0 saturated carbocycles. The van der Waals surface area contributed by atoms with Crippen LogP contribution < -0.4 is 10.1 Å². The van der Waals surface area contributed by atoms with Crippen molar-refractivity contribution in [3.63, 3.8) is 0 Å². The van der Waals surface area contributed by atoms with Gasteiger partial charge in [0.1, 0.15) is 11.5 Å². The van der Waals surface area contributed by atoms with Crippen molar-refractivity contribution >= 4 is 32.6 Å². The average Bonchev–Trinajstić information content (AvgIpc) is 3.04. The van der Waals surface area contributed by atoms with E-state index in [4.69, 9.17) is 4.74 Å². The van der Waals surface area contributed by atoms with E-state index in [1.807, 2.05) is 48.5 Å². The van der Waals surface area contributed by atoms with Gasteiger partial charge in [0.15, 0.2) is 6.61 Å². The number of amides is 1. The van der Waals surface area contributed by atoms with Crippen molar-refractivity contribution in [3.8, 4) is 11.5 Å². The molecule has 0 aliphatic heterocycles. The zero-order valence-corrected chi connectivity index (χ0v) is 15.6. The van der Waals surface area contributed by atoms with E-state index in [9.17, 15) is 9.90 Å². The number of hydrogen-bond acceptors (Lipinski definition) is 3. The number of phenolic OH excluding ortho intramolecular Hbond substituents is 1. The number of benzene rings is 3. The largest absolute Gasteiger partial charge is 0.508 e. The third-order valence-electron chi connectivity index (χ3n) is 4.72. The fourth-order valence-corrected chi connectivity index (χ4v) is 3.83. The van der Waals surface area contributed by atoms with Crippen molar-refractivity contribution in [2.75, 3.05) is 6.61 Å². The average molecular weight is 412 g/mol. The minimum atomic E-state index is -0.165. The predicted octanol–water partition coefficient (Wildman–Crippen LogP) is 4.49. The van der Waals surface area contributed by atoms with Crippen LogP contribution >= 0.6 is 15.9 Å². The molecule has 0 heterocycles. The minimum absolute atomic E-state index is 0.0350. The maximum atomic E-state index is 12.3. The second-order valence-corrected chi connectivity index (χ2v) is 7.36. The number of hydrogen-bond donors (Lipinski definition) is 2. The number of phenols is 1. The number of aromatic hydroxyl groups is 1. The third kappa shape index (κ3) is 3.40. The van der Waals surface area contributed by atoms with Gasteiger partial charge in [-0.3, -0.25) is 4.79 Å². The number of carbonyl (C=O) groups is 1. The van der Waals surface area contributed by atoms with Crippen LogP contribution in [0.4, 0.5) is 0 Å². The Morgan fingerprint density at radius 3 is 2.85 bits per heavy atom. The molecule has 26 heavy (non-hydrogen) atoms. The van der Waals surface area contributed by atoms with E-state index in [1.165, 1.54) is 0 Å². The van der Waals surface area contributed by atoms with Crippen LogP contribution in [0.5, 0.6) is 11.5 Å². The highest BCUT2D eigenvalue weighted by atomic mass is 79.9. The normalized spacial score (nSPS) is 15.7. The Morgan fingerprint density at radius 1 is 1.15 bits per heavy atom. The smallest absolute Gasteiger partial charge is 0.258 e. The lowest BCUT2D eigenvalue weighted by Crippen LogP contribution is -2.31. The van der Waals surface area contributed by atoms with Gasteiger partial charge >= 0.3 is 0 Å². The molecule has 1 aliphatic carbocycles. The number of fused-ring (bicyclic) bond motifs is 2. The molecule has 0 aromatic heterocycles. The van der Waals surface area contributed by atoms with Gasteiger partial charge in [0.2, 0.25) is 0 Å². The summed E-state index contributed by atoms with van der Waals surface area (Å²) in [5, 5.41) is 15.1. The molecule has 132 valence electrons. The molecule has 4 nitrogen and oxygen atoms in total. The Morgan fingerprint density at radius 2 is 1.96 bits per heavy atom. The highest BCUT2D eigenvalue weighted by Gasteiger charge is 2.25. The molecular formula is C21H18BrNO3. The highest BCUT2D eigenvalue weighted by molar-refractivity contribution is 9.10. The summed E-state index contributed by atoms with van der Waals surface area (Å²) < 4.78 is 6.68. The number of rotatable bonds is 4. The number of carbonyl (C=O) groups excluding carboxylic acids is 1. The first-order valence-electron chi connectivity index (χ1n) is 8.52. The second-order valence-electron chi connectivity index (χ2n) is 6.45. The molecule has 1 amide bonds. The molecule has 2 N–H and O–H groups in total. The van der Waals surface area contributed by atoms with Crippen LogP contribution in [-0.4, -0.2) is 17.6 Å². The van der Waals surface area contributed by atoms with Crippen LogP contribution in [0, 0.1) is 0 Å². The molecule has 0 saturated heterocycles. The summed E-state index contributed by atoms with van der Waals surface area (Å²) in [7, 11) is 0. The quantitative estimate of drug-likeness (QED) is 0.664. The Kier molecular flexibility index (Phi) is 4.55. The van der Waals surface area contributed by atoms with Crippen molar-refractivity contribution in [2.24, 2.45) is 0 Å². The molecule has 0 radical (unpaired) electrons.